The van der Waals surface area contributed by atoms with E-state index in [9.17, 15) is 4.79 Å². The zero-order valence-electron chi connectivity index (χ0n) is 12.0. The number of rotatable bonds is 5. The Kier molecular flexibility index (Phi) is 5.86. The molecule has 1 aliphatic heterocycles. The number of esters is 1. The quantitative estimate of drug-likeness (QED) is 0.779. The monoisotopic (exact) mass is 295 g/mol. The molecule has 0 spiro atoms. The molecular formula is C16H22ClNO2. The van der Waals surface area contributed by atoms with E-state index in [1.807, 2.05) is 25.1 Å². The summed E-state index contributed by atoms with van der Waals surface area (Å²) in [5.41, 5.74) is 1.25. The Hall–Kier alpha value is -1.06. The number of carbonyl (C=O) groups is 1. The Morgan fingerprint density at radius 1 is 1.40 bits per heavy atom. The van der Waals surface area contributed by atoms with Gasteiger partial charge in [0.05, 0.1) is 6.61 Å². The van der Waals surface area contributed by atoms with E-state index in [0.717, 1.165) is 37.5 Å². The van der Waals surface area contributed by atoms with E-state index in [-0.39, 0.29) is 5.97 Å². The van der Waals surface area contributed by atoms with E-state index in [1.54, 1.807) is 0 Å². The predicted octanol–water partition coefficient (Wildman–Crippen LogP) is 3.51. The van der Waals surface area contributed by atoms with Crippen molar-refractivity contribution in [2.24, 2.45) is 5.92 Å². The second kappa shape index (κ2) is 7.65. The lowest BCUT2D eigenvalue weighted by Crippen LogP contribution is -2.34. The third kappa shape index (κ3) is 4.80. The first kappa shape index (κ1) is 15.3. The molecule has 0 aliphatic carbocycles. The molecule has 0 bridgehead atoms. The number of likely N-dealkylation sites (tertiary alicyclic amines) is 1. The van der Waals surface area contributed by atoms with Gasteiger partial charge >= 0.3 is 5.97 Å². The highest BCUT2D eigenvalue weighted by molar-refractivity contribution is 6.30. The second-order valence-electron chi connectivity index (χ2n) is 5.36. The minimum absolute atomic E-state index is 0.0548. The summed E-state index contributed by atoms with van der Waals surface area (Å²) in [6.07, 6.45) is 2.71. The van der Waals surface area contributed by atoms with Gasteiger partial charge in [-0.25, -0.2) is 0 Å². The maximum atomic E-state index is 11.5. The molecule has 20 heavy (non-hydrogen) atoms. The molecule has 0 unspecified atom stereocenters. The average Bonchev–Trinajstić information content (AvgIpc) is 2.41. The van der Waals surface area contributed by atoms with E-state index in [1.165, 1.54) is 5.56 Å². The molecule has 1 aliphatic rings. The van der Waals surface area contributed by atoms with Crippen LogP contribution in [-0.4, -0.2) is 30.6 Å². The Morgan fingerprint density at radius 2 is 2.15 bits per heavy atom. The van der Waals surface area contributed by atoms with Crippen LogP contribution < -0.4 is 0 Å². The number of nitrogens with zero attached hydrogens (tertiary/aromatic N) is 1. The fourth-order valence-electron chi connectivity index (χ4n) is 2.70. The molecule has 1 aromatic carbocycles. The van der Waals surface area contributed by atoms with Gasteiger partial charge in [0.15, 0.2) is 0 Å². The first-order valence-corrected chi connectivity index (χ1v) is 7.67. The molecule has 0 saturated carbocycles. The molecule has 1 aromatic rings. The van der Waals surface area contributed by atoms with Crippen LogP contribution in [0.25, 0.3) is 0 Å². The smallest absolute Gasteiger partial charge is 0.306 e. The maximum absolute atomic E-state index is 11.5. The fourth-order valence-corrected chi connectivity index (χ4v) is 2.91. The van der Waals surface area contributed by atoms with Gasteiger partial charge in [0, 0.05) is 18.0 Å². The lowest BCUT2D eigenvalue weighted by atomic mass is 9.93. The van der Waals surface area contributed by atoms with Gasteiger partial charge in [-0.15, -0.1) is 0 Å². The van der Waals surface area contributed by atoms with Crippen LogP contribution in [0.3, 0.4) is 0 Å². The summed E-state index contributed by atoms with van der Waals surface area (Å²) in [5, 5.41) is 0.791. The summed E-state index contributed by atoms with van der Waals surface area (Å²) in [7, 11) is 0. The summed E-state index contributed by atoms with van der Waals surface area (Å²) in [6, 6.07) is 8.02. The van der Waals surface area contributed by atoms with Crippen molar-refractivity contribution in [2.75, 3.05) is 19.7 Å². The molecule has 0 atom stereocenters. The summed E-state index contributed by atoms with van der Waals surface area (Å²) >= 11 is 6.00. The van der Waals surface area contributed by atoms with Crippen molar-refractivity contribution in [3.63, 3.8) is 0 Å². The molecule has 0 amide bonds. The lowest BCUT2D eigenvalue weighted by molar-refractivity contribution is -0.144. The number of carbonyl (C=O) groups excluding carboxylic acids is 1. The summed E-state index contributed by atoms with van der Waals surface area (Å²) in [4.78, 5) is 13.9. The summed E-state index contributed by atoms with van der Waals surface area (Å²) < 4.78 is 5.01. The van der Waals surface area contributed by atoms with Crippen LogP contribution in [0.1, 0.15) is 31.7 Å². The minimum Gasteiger partial charge on any atom is -0.466 e. The third-order valence-electron chi connectivity index (χ3n) is 3.76. The van der Waals surface area contributed by atoms with E-state index in [2.05, 4.69) is 11.0 Å². The van der Waals surface area contributed by atoms with Crippen molar-refractivity contribution in [1.29, 1.82) is 0 Å². The van der Waals surface area contributed by atoms with Gasteiger partial charge in [-0.2, -0.15) is 0 Å². The highest BCUT2D eigenvalue weighted by Crippen LogP contribution is 2.22. The van der Waals surface area contributed by atoms with E-state index in [4.69, 9.17) is 16.3 Å². The number of benzene rings is 1. The highest BCUT2D eigenvalue weighted by Gasteiger charge is 2.21. The van der Waals surface area contributed by atoms with Crippen molar-refractivity contribution >= 4 is 17.6 Å². The maximum Gasteiger partial charge on any atom is 0.306 e. The molecule has 0 N–H and O–H groups in total. The van der Waals surface area contributed by atoms with Gasteiger partial charge in [-0.3, -0.25) is 9.69 Å². The van der Waals surface area contributed by atoms with Crippen LogP contribution in [0.15, 0.2) is 24.3 Å². The van der Waals surface area contributed by atoms with Gasteiger partial charge in [0.1, 0.15) is 0 Å². The first-order chi connectivity index (χ1) is 9.67. The first-order valence-electron chi connectivity index (χ1n) is 7.29. The van der Waals surface area contributed by atoms with Gasteiger partial charge in [0.25, 0.3) is 0 Å². The number of piperidine rings is 1. The van der Waals surface area contributed by atoms with E-state index in [0.29, 0.717) is 18.9 Å². The molecule has 1 heterocycles. The molecular weight excluding hydrogens is 274 g/mol. The van der Waals surface area contributed by atoms with Crippen molar-refractivity contribution in [1.82, 2.24) is 4.90 Å². The molecule has 110 valence electrons. The Balaban J connectivity index is 1.75. The van der Waals surface area contributed by atoms with E-state index >= 15 is 0 Å². The zero-order valence-corrected chi connectivity index (χ0v) is 12.7. The number of ether oxygens (including phenoxy) is 1. The van der Waals surface area contributed by atoms with Gasteiger partial charge < -0.3 is 4.74 Å². The molecule has 0 aromatic heterocycles. The Labute approximate surface area is 125 Å². The molecule has 0 radical (unpaired) electrons. The van der Waals surface area contributed by atoms with Gasteiger partial charge in [-0.1, -0.05) is 23.7 Å². The molecule has 1 fully saturated rings. The second-order valence-corrected chi connectivity index (χ2v) is 5.80. The average molecular weight is 296 g/mol. The van der Waals surface area contributed by atoms with Crippen molar-refractivity contribution in [3.8, 4) is 0 Å². The van der Waals surface area contributed by atoms with Crippen LogP contribution in [0.2, 0.25) is 5.02 Å². The van der Waals surface area contributed by atoms with Crippen molar-refractivity contribution in [3.05, 3.63) is 34.9 Å². The minimum atomic E-state index is -0.0548. The third-order valence-corrected chi connectivity index (χ3v) is 4.00. The molecule has 2 rings (SSSR count). The summed E-state index contributed by atoms with van der Waals surface area (Å²) in [6.45, 7) is 5.35. The molecule has 4 heteroatoms. The zero-order chi connectivity index (χ0) is 14.4. The van der Waals surface area contributed by atoms with Crippen LogP contribution in [0.5, 0.6) is 0 Å². The largest absolute Gasteiger partial charge is 0.466 e. The number of hydrogen-bond acceptors (Lipinski definition) is 3. The van der Waals surface area contributed by atoms with Crippen LogP contribution in [0, 0.1) is 5.92 Å². The normalized spacial score (nSPS) is 17.1. The van der Waals surface area contributed by atoms with Crippen LogP contribution in [-0.2, 0) is 16.1 Å². The van der Waals surface area contributed by atoms with Crippen LogP contribution >= 0.6 is 11.6 Å². The van der Waals surface area contributed by atoms with Crippen molar-refractivity contribution < 1.29 is 9.53 Å². The van der Waals surface area contributed by atoms with E-state index < -0.39 is 0 Å². The Morgan fingerprint density at radius 3 is 2.80 bits per heavy atom. The SMILES string of the molecule is CCOC(=O)CC1CCN(Cc2cccc(Cl)c2)CC1. The molecule has 3 nitrogen and oxygen atoms in total. The van der Waals surface area contributed by atoms with Crippen LogP contribution in [0.4, 0.5) is 0 Å². The predicted molar refractivity (Wildman–Crippen MR) is 80.7 cm³/mol. The lowest BCUT2D eigenvalue weighted by Gasteiger charge is -2.31. The topological polar surface area (TPSA) is 29.5 Å². The van der Waals surface area contributed by atoms with Crippen molar-refractivity contribution in [2.45, 2.75) is 32.7 Å². The van der Waals surface area contributed by atoms with Gasteiger partial charge in [0.2, 0.25) is 0 Å². The highest BCUT2D eigenvalue weighted by atomic mass is 35.5. The molecule has 1 saturated heterocycles. The Bertz CT molecular complexity index is 442. The number of hydrogen-bond donors (Lipinski definition) is 0. The summed E-state index contributed by atoms with van der Waals surface area (Å²) in [5.74, 6) is 0.422. The standard InChI is InChI=1S/C16H22ClNO2/c1-2-20-16(19)11-13-6-8-18(9-7-13)12-14-4-3-5-15(17)10-14/h3-5,10,13H,2,6-9,11-12H2,1H3. The fraction of sp³-hybridized carbons (Fsp3) is 0.562. The van der Waals surface area contributed by atoms with Gasteiger partial charge in [-0.05, 0) is 56.5 Å². The number of halogens is 1.